The van der Waals surface area contributed by atoms with Crippen molar-refractivity contribution in [3.8, 4) is 0 Å². The number of carbonyl (C=O) groups excluding carboxylic acids is 2. The molecule has 4 heterocycles. The van der Waals surface area contributed by atoms with Crippen molar-refractivity contribution >= 4 is 48.5 Å². The van der Waals surface area contributed by atoms with E-state index in [0.29, 0.717) is 25.3 Å². The van der Waals surface area contributed by atoms with Crippen LogP contribution in [0.15, 0.2) is 46.7 Å². The number of β-lactam (4-membered cyclic amide) rings is 1. The number of amides is 1. The first-order valence-corrected chi connectivity index (χ1v) is 18.3. The van der Waals surface area contributed by atoms with Gasteiger partial charge >= 0.3 is 5.97 Å². The first-order chi connectivity index (χ1) is 19.3. The SMILES string of the molecule is [B]NPOC(=O)C1=C(CN(Cc2cccnc2)Cc2cscn2)[C@H](C)[C@@H]2[C@@H]([C@@H](C)O[Si](CC)(CC)CC)C(=O)N12. The number of hydrogen-bond acceptors (Lipinski definition) is 9. The molecule has 40 heavy (non-hydrogen) atoms. The highest BCUT2D eigenvalue weighted by molar-refractivity contribution is 7.32. The molecule has 4 rings (SSSR count). The van der Waals surface area contributed by atoms with E-state index in [4.69, 9.17) is 16.9 Å². The van der Waals surface area contributed by atoms with E-state index in [1.807, 2.05) is 36.1 Å². The second kappa shape index (κ2) is 13.8. The molecule has 1 unspecified atom stereocenters. The molecule has 1 saturated heterocycles. The minimum atomic E-state index is -1.92. The van der Waals surface area contributed by atoms with Crippen LogP contribution in [0.5, 0.6) is 0 Å². The maximum atomic E-state index is 13.7. The van der Waals surface area contributed by atoms with E-state index in [1.54, 1.807) is 22.4 Å². The summed E-state index contributed by atoms with van der Waals surface area (Å²) >= 11 is 1.55. The number of rotatable bonds is 15. The van der Waals surface area contributed by atoms with Crippen LogP contribution in [0.1, 0.15) is 45.9 Å². The van der Waals surface area contributed by atoms with Crippen molar-refractivity contribution in [2.24, 2.45) is 11.8 Å². The number of nitrogens with one attached hydrogen (secondary N) is 1. The van der Waals surface area contributed by atoms with Crippen LogP contribution in [0.2, 0.25) is 18.1 Å². The van der Waals surface area contributed by atoms with Crippen molar-refractivity contribution in [1.82, 2.24) is 24.8 Å². The summed E-state index contributed by atoms with van der Waals surface area (Å²) in [4.78, 5) is 42.1. The summed E-state index contributed by atoms with van der Waals surface area (Å²) < 4.78 is 12.2. The number of thiazole rings is 1. The highest BCUT2D eigenvalue weighted by atomic mass is 32.1. The summed E-state index contributed by atoms with van der Waals surface area (Å²) in [5.74, 6) is -0.944. The van der Waals surface area contributed by atoms with Crippen LogP contribution in [0.3, 0.4) is 0 Å². The van der Waals surface area contributed by atoms with Gasteiger partial charge in [0.15, 0.2) is 16.3 Å². The smallest absolute Gasteiger partial charge is 0.358 e. The van der Waals surface area contributed by atoms with Gasteiger partial charge in [-0.05, 0) is 42.3 Å². The Morgan fingerprint density at radius 3 is 2.62 bits per heavy atom. The molecule has 2 aromatic rings. The van der Waals surface area contributed by atoms with Gasteiger partial charge in [-0.2, -0.15) is 0 Å². The summed E-state index contributed by atoms with van der Waals surface area (Å²) in [6.07, 6.45) is 3.39. The van der Waals surface area contributed by atoms with Gasteiger partial charge in [0.2, 0.25) is 5.91 Å². The summed E-state index contributed by atoms with van der Waals surface area (Å²) in [5, 5.41) is 2.03. The molecule has 0 saturated carbocycles. The minimum absolute atomic E-state index is 0.0433. The maximum absolute atomic E-state index is 13.7. The van der Waals surface area contributed by atoms with Crippen LogP contribution in [-0.4, -0.2) is 66.6 Å². The molecule has 2 aromatic heterocycles. The van der Waals surface area contributed by atoms with Crippen molar-refractivity contribution in [2.75, 3.05) is 6.54 Å². The number of carbonyl (C=O) groups is 2. The standard InChI is InChI=1S/C27H39BN5O4PSSi/c1-6-40(7-2,8-3)37-19(5)23-24-18(4)22(25(33(24)26(23)34)27(35)36-38-31-28)15-32(14-21-16-39-17-30-21)13-20-10-9-11-29-12-20/h9-12,16-19,23-24,31,38H,6-8,13-15H2,1-5H3/t18-,19+,23+,24+/m0/s1. The van der Waals surface area contributed by atoms with Gasteiger partial charge in [-0.25, -0.2) is 9.78 Å². The molecule has 0 spiro atoms. The lowest BCUT2D eigenvalue weighted by Crippen LogP contribution is -2.65. The molecule has 2 aliphatic heterocycles. The van der Waals surface area contributed by atoms with Gasteiger partial charge in [-0.3, -0.25) is 14.7 Å². The number of fused-ring (bicyclic) bond motifs is 1. The quantitative estimate of drug-likeness (QED) is 0.183. The maximum Gasteiger partial charge on any atom is 0.358 e. The van der Waals surface area contributed by atoms with E-state index in [-0.39, 0.29) is 29.9 Å². The van der Waals surface area contributed by atoms with E-state index in [9.17, 15) is 9.59 Å². The van der Waals surface area contributed by atoms with E-state index in [1.165, 1.54) is 0 Å². The fraction of sp³-hybridized carbons (Fsp3) is 0.556. The topological polar surface area (TPSA) is 96.9 Å². The fourth-order valence-corrected chi connectivity index (χ4v) is 9.86. The molecule has 13 heteroatoms. The summed E-state index contributed by atoms with van der Waals surface area (Å²) in [6, 6.07) is 6.86. The number of hydrogen-bond donors (Lipinski definition) is 1. The van der Waals surface area contributed by atoms with Crippen LogP contribution in [0.25, 0.3) is 0 Å². The summed E-state index contributed by atoms with van der Waals surface area (Å²) in [6.45, 7) is 12.4. The minimum Gasteiger partial charge on any atom is -0.428 e. The molecule has 1 amide bonds. The third-order valence-corrected chi connectivity index (χ3v) is 14.2. The van der Waals surface area contributed by atoms with E-state index in [0.717, 1.165) is 35.0 Å². The monoisotopic (exact) mass is 599 g/mol. The molecule has 2 radical (unpaired) electrons. The number of nitrogens with zero attached hydrogens (tertiary/aromatic N) is 4. The van der Waals surface area contributed by atoms with Gasteiger partial charge in [-0.15, -0.1) is 11.3 Å². The second-order valence-corrected chi connectivity index (χ2v) is 16.7. The van der Waals surface area contributed by atoms with Crippen LogP contribution in [0, 0.1) is 11.8 Å². The van der Waals surface area contributed by atoms with Crippen LogP contribution in [0.4, 0.5) is 0 Å². The Bertz CT molecular complexity index is 1180. The molecule has 0 aliphatic carbocycles. The van der Waals surface area contributed by atoms with E-state index in [2.05, 4.69) is 47.6 Å². The van der Waals surface area contributed by atoms with Crippen molar-refractivity contribution in [3.05, 3.63) is 57.9 Å². The lowest BCUT2D eigenvalue weighted by Gasteiger charge is -2.49. The van der Waals surface area contributed by atoms with Gasteiger partial charge in [-0.1, -0.05) is 33.8 Å². The second-order valence-electron chi connectivity index (χ2n) is 10.6. The number of pyridine rings is 1. The molecular weight excluding hydrogens is 560 g/mol. The zero-order valence-corrected chi connectivity index (χ0v) is 26.7. The zero-order chi connectivity index (χ0) is 28.9. The van der Waals surface area contributed by atoms with E-state index >= 15 is 0 Å². The molecule has 1 N–H and O–H groups in total. The van der Waals surface area contributed by atoms with Gasteiger partial charge in [0.05, 0.1) is 29.3 Å². The van der Waals surface area contributed by atoms with Crippen LogP contribution >= 0.6 is 20.3 Å². The average Bonchev–Trinajstić information content (AvgIpc) is 3.55. The normalized spacial score (nSPS) is 21.8. The Hall–Kier alpha value is -1.95. The van der Waals surface area contributed by atoms with Crippen molar-refractivity contribution in [3.63, 3.8) is 0 Å². The van der Waals surface area contributed by atoms with Gasteiger partial charge in [0.25, 0.3) is 0 Å². The molecular formula is C27H39BN5O4PSSi. The lowest BCUT2D eigenvalue weighted by molar-refractivity contribution is -0.161. The molecule has 9 nitrogen and oxygen atoms in total. The van der Waals surface area contributed by atoms with Gasteiger partial charge in [0.1, 0.15) is 14.7 Å². The van der Waals surface area contributed by atoms with Crippen molar-refractivity contribution in [1.29, 1.82) is 0 Å². The largest absolute Gasteiger partial charge is 0.428 e. The third kappa shape index (κ3) is 6.42. The molecule has 5 atom stereocenters. The third-order valence-electron chi connectivity index (χ3n) is 8.46. The Balaban J connectivity index is 1.64. The Morgan fingerprint density at radius 2 is 2.02 bits per heavy atom. The highest BCUT2D eigenvalue weighted by Gasteiger charge is 2.61. The highest BCUT2D eigenvalue weighted by Crippen LogP contribution is 2.49. The predicted molar refractivity (Wildman–Crippen MR) is 162 cm³/mol. The molecule has 214 valence electrons. The zero-order valence-electron chi connectivity index (χ0n) is 23.9. The first-order valence-electron chi connectivity index (χ1n) is 13.9. The lowest BCUT2D eigenvalue weighted by atomic mass is 9.77. The molecule has 0 bridgehead atoms. The predicted octanol–water partition coefficient (Wildman–Crippen LogP) is 4.41. The number of aromatic nitrogens is 2. The molecule has 1 fully saturated rings. The van der Waals surface area contributed by atoms with Crippen LogP contribution in [-0.2, 0) is 31.6 Å². The van der Waals surface area contributed by atoms with E-state index < -0.39 is 23.2 Å². The van der Waals surface area contributed by atoms with Crippen LogP contribution < -0.4 is 5.00 Å². The Labute approximate surface area is 245 Å². The summed E-state index contributed by atoms with van der Waals surface area (Å²) in [5.41, 5.74) is 5.07. The average molecular weight is 600 g/mol. The van der Waals surface area contributed by atoms with Crippen molar-refractivity contribution in [2.45, 2.75) is 78.0 Å². The summed E-state index contributed by atoms with van der Waals surface area (Å²) in [7, 11) is 3.08. The fourth-order valence-electron chi connectivity index (χ4n) is 6.12. The van der Waals surface area contributed by atoms with Gasteiger partial charge in [0, 0.05) is 43.3 Å². The Kier molecular flexibility index (Phi) is 10.7. The van der Waals surface area contributed by atoms with Gasteiger partial charge < -0.3 is 18.8 Å². The first kappa shape index (κ1) is 31.0. The molecule has 2 aliphatic rings. The Morgan fingerprint density at radius 1 is 1.27 bits per heavy atom. The molecule has 0 aromatic carbocycles. The van der Waals surface area contributed by atoms with Crippen molar-refractivity contribution < 1.29 is 18.5 Å².